The minimum absolute atomic E-state index is 0.258. The van der Waals surface area contributed by atoms with Gasteiger partial charge in [0.05, 0.1) is 16.6 Å². The molecular formula is C23H20N2O2. The zero-order valence-electron chi connectivity index (χ0n) is 15.1. The molecule has 27 heavy (non-hydrogen) atoms. The van der Waals surface area contributed by atoms with Gasteiger partial charge in [0.2, 0.25) is 0 Å². The van der Waals surface area contributed by atoms with E-state index in [1.54, 1.807) is 12.1 Å². The summed E-state index contributed by atoms with van der Waals surface area (Å²) in [6.07, 6.45) is 0.699. The Hall–Kier alpha value is -3.40. The maximum Gasteiger partial charge on any atom is 0.335 e. The molecule has 0 aliphatic rings. The van der Waals surface area contributed by atoms with Crippen molar-refractivity contribution in [3.63, 3.8) is 0 Å². The number of carbonyl (C=O) groups is 1. The number of imidazole rings is 1. The lowest BCUT2D eigenvalue weighted by Crippen LogP contribution is -2.06. The number of carboxylic acids is 1. The van der Waals surface area contributed by atoms with Crippen LogP contribution in [0.5, 0.6) is 0 Å². The van der Waals surface area contributed by atoms with Gasteiger partial charge in [0.25, 0.3) is 0 Å². The van der Waals surface area contributed by atoms with Gasteiger partial charge in [0, 0.05) is 13.0 Å². The average Bonchev–Trinajstić information content (AvgIpc) is 3.01. The molecule has 1 N–H and O–H groups in total. The Balaban J connectivity index is 1.80. The van der Waals surface area contributed by atoms with E-state index < -0.39 is 5.97 Å². The second kappa shape index (κ2) is 7.08. The molecule has 0 aliphatic carbocycles. The molecule has 0 fully saturated rings. The third kappa shape index (κ3) is 3.60. The first-order valence-corrected chi connectivity index (χ1v) is 8.92. The summed E-state index contributed by atoms with van der Waals surface area (Å²) >= 11 is 0. The molecule has 0 saturated carbocycles. The highest BCUT2D eigenvalue weighted by Gasteiger charge is 2.14. The fraction of sp³-hybridized carbons (Fsp3) is 0.130. The van der Waals surface area contributed by atoms with E-state index in [1.807, 2.05) is 24.3 Å². The second-order valence-electron chi connectivity index (χ2n) is 6.77. The predicted octanol–water partition coefficient (Wildman–Crippen LogP) is 4.68. The van der Waals surface area contributed by atoms with E-state index in [-0.39, 0.29) is 5.56 Å². The van der Waals surface area contributed by atoms with E-state index in [0.717, 1.165) is 11.3 Å². The standard InChI is InChI=1S/C23H20N2O2/c1-16-7-9-17(10-8-16)13-22-24-20-14-19(23(26)27)11-12-21(20)25(22)15-18-5-3-2-4-6-18/h2-12,14H,13,15H2,1H3,(H,26,27). The average molecular weight is 356 g/mol. The van der Waals surface area contributed by atoms with Gasteiger partial charge in [-0.25, -0.2) is 9.78 Å². The summed E-state index contributed by atoms with van der Waals surface area (Å²) in [6.45, 7) is 2.77. The summed E-state index contributed by atoms with van der Waals surface area (Å²) in [4.78, 5) is 16.1. The number of benzene rings is 3. The Morgan fingerprint density at radius 3 is 2.41 bits per heavy atom. The van der Waals surface area contributed by atoms with Crippen LogP contribution in [0.3, 0.4) is 0 Å². The molecule has 0 spiro atoms. The molecular weight excluding hydrogens is 336 g/mol. The molecule has 134 valence electrons. The number of aryl methyl sites for hydroxylation is 1. The van der Waals surface area contributed by atoms with Crippen LogP contribution in [0, 0.1) is 6.92 Å². The summed E-state index contributed by atoms with van der Waals surface area (Å²) in [5.41, 5.74) is 5.52. The quantitative estimate of drug-likeness (QED) is 0.565. The van der Waals surface area contributed by atoms with Gasteiger partial charge < -0.3 is 9.67 Å². The van der Waals surface area contributed by atoms with Crippen molar-refractivity contribution in [2.45, 2.75) is 19.9 Å². The van der Waals surface area contributed by atoms with Crippen LogP contribution in [-0.2, 0) is 13.0 Å². The van der Waals surface area contributed by atoms with Crippen molar-refractivity contribution >= 4 is 17.0 Å². The highest BCUT2D eigenvalue weighted by molar-refractivity contribution is 5.92. The lowest BCUT2D eigenvalue weighted by Gasteiger charge is -2.10. The first-order chi connectivity index (χ1) is 13.1. The van der Waals surface area contributed by atoms with Crippen molar-refractivity contribution in [1.29, 1.82) is 0 Å². The van der Waals surface area contributed by atoms with Gasteiger partial charge in [-0.2, -0.15) is 0 Å². The Morgan fingerprint density at radius 2 is 1.70 bits per heavy atom. The number of hydrogen-bond donors (Lipinski definition) is 1. The van der Waals surface area contributed by atoms with Crippen LogP contribution in [0.25, 0.3) is 11.0 Å². The van der Waals surface area contributed by atoms with E-state index in [2.05, 4.69) is 47.9 Å². The van der Waals surface area contributed by atoms with Gasteiger partial charge in [0.15, 0.2) is 0 Å². The fourth-order valence-electron chi connectivity index (χ4n) is 3.28. The molecule has 1 heterocycles. The highest BCUT2D eigenvalue weighted by Crippen LogP contribution is 2.22. The molecule has 0 aliphatic heterocycles. The van der Waals surface area contributed by atoms with Crippen molar-refractivity contribution < 1.29 is 9.90 Å². The zero-order valence-corrected chi connectivity index (χ0v) is 15.1. The SMILES string of the molecule is Cc1ccc(Cc2nc3cc(C(=O)O)ccc3n2Cc2ccccc2)cc1. The Morgan fingerprint density at radius 1 is 0.963 bits per heavy atom. The Bertz CT molecular complexity index is 1100. The molecule has 0 bridgehead atoms. The van der Waals surface area contributed by atoms with Crippen molar-refractivity contribution in [1.82, 2.24) is 9.55 Å². The van der Waals surface area contributed by atoms with E-state index in [0.29, 0.717) is 18.5 Å². The largest absolute Gasteiger partial charge is 0.478 e. The Labute approximate surface area is 157 Å². The molecule has 0 amide bonds. The molecule has 4 rings (SSSR count). The first kappa shape index (κ1) is 17.0. The molecule has 4 nitrogen and oxygen atoms in total. The summed E-state index contributed by atoms with van der Waals surface area (Å²) in [5, 5.41) is 9.28. The highest BCUT2D eigenvalue weighted by atomic mass is 16.4. The number of aromatic nitrogens is 2. The van der Waals surface area contributed by atoms with Crippen molar-refractivity contribution in [2.75, 3.05) is 0 Å². The van der Waals surface area contributed by atoms with E-state index in [1.165, 1.54) is 16.7 Å². The van der Waals surface area contributed by atoms with Crippen LogP contribution >= 0.6 is 0 Å². The molecule has 3 aromatic carbocycles. The second-order valence-corrected chi connectivity index (χ2v) is 6.77. The molecule has 4 aromatic rings. The molecule has 0 atom stereocenters. The van der Waals surface area contributed by atoms with Gasteiger partial charge in [-0.1, -0.05) is 60.2 Å². The summed E-state index contributed by atoms with van der Waals surface area (Å²) < 4.78 is 2.18. The fourth-order valence-corrected chi connectivity index (χ4v) is 3.28. The molecule has 4 heteroatoms. The molecule has 1 aromatic heterocycles. The van der Waals surface area contributed by atoms with E-state index in [4.69, 9.17) is 4.98 Å². The van der Waals surface area contributed by atoms with Crippen molar-refractivity contribution in [3.05, 3.63) is 101 Å². The van der Waals surface area contributed by atoms with Crippen LogP contribution in [0.4, 0.5) is 0 Å². The normalized spacial score (nSPS) is 11.0. The van der Waals surface area contributed by atoms with Gasteiger partial charge in [-0.15, -0.1) is 0 Å². The van der Waals surface area contributed by atoms with Gasteiger partial charge >= 0.3 is 5.97 Å². The van der Waals surface area contributed by atoms with Crippen LogP contribution in [0.1, 0.15) is 32.9 Å². The minimum Gasteiger partial charge on any atom is -0.478 e. The van der Waals surface area contributed by atoms with Crippen molar-refractivity contribution in [3.8, 4) is 0 Å². The molecule has 0 radical (unpaired) electrons. The summed E-state index contributed by atoms with van der Waals surface area (Å²) in [7, 11) is 0. The number of rotatable bonds is 5. The number of nitrogens with zero attached hydrogens (tertiary/aromatic N) is 2. The van der Waals surface area contributed by atoms with Crippen LogP contribution in [-0.4, -0.2) is 20.6 Å². The maximum absolute atomic E-state index is 11.3. The number of aromatic carboxylic acids is 1. The topological polar surface area (TPSA) is 55.1 Å². The maximum atomic E-state index is 11.3. The van der Waals surface area contributed by atoms with Crippen molar-refractivity contribution in [2.24, 2.45) is 0 Å². The van der Waals surface area contributed by atoms with Gasteiger partial charge in [0.1, 0.15) is 5.82 Å². The van der Waals surface area contributed by atoms with Gasteiger partial charge in [-0.05, 0) is 36.2 Å². The first-order valence-electron chi connectivity index (χ1n) is 8.92. The third-order valence-electron chi connectivity index (χ3n) is 4.74. The molecule has 0 unspecified atom stereocenters. The minimum atomic E-state index is -0.936. The monoisotopic (exact) mass is 356 g/mol. The lowest BCUT2D eigenvalue weighted by molar-refractivity contribution is 0.0697. The summed E-state index contributed by atoms with van der Waals surface area (Å²) in [6, 6.07) is 23.8. The van der Waals surface area contributed by atoms with Gasteiger partial charge in [-0.3, -0.25) is 0 Å². The third-order valence-corrected chi connectivity index (χ3v) is 4.74. The zero-order chi connectivity index (χ0) is 18.8. The van der Waals surface area contributed by atoms with Crippen LogP contribution in [0.2, 0.25) is 0 Å². The van der Waals surface area contributed by atoms with E-state index >= 15 is 0 Å². The van der Waals surface area contributed by atoms with Crippen LogP contribution < -0.4 is 0 Å². The number of carboxylic acid groups (broad SMARTS) is 1. The summed E-state index contributed by atoms with van der Waals surface area (Å²) in [5.74, 6) is -0.00478. The smallest absolute Gasteiger partial charge is 0.335 e. The number of hydrogen-bond acceptors (Lipinski definition) is 2. The molecule has 0 saturated heterocycles. The lowest BCUT2D eigenvalue weighted by atomic mass is 10.1. The predicted molar refractivity (Wildman–Crippen MR) is 106 cm³/mol. The van der Waals surface area contributed by atoms with Crippen LogP contribution in [0.15, 0.2) is 72.8 Å². The van der Waals surface area contributed by atoms with E-state index in [9.17, 15) is 9.90 Å². The Kier molecular flexibility index (Phi) is 4.47. The number of fused-ring (bicyclic) bond motifs is 1.